The van der Waals surface area contributed by atoms with Gasteiger partial charge in [0.25, 0.3) is 0 Å². The number of hydrogen-bond donors (Lipinski definition) is 1. The van der Waals surface area contributed by atoms with Crippen molar-refractivity contribution in [3.8, 4) is 0 Å². The molecular weight excluding hydrogens is 220 g/mol. The molecule has 0 atom stereocenters. The van der Waals surface area contributed by atoms with Gasteiger partial charge >= 0.3 is 12.0 Å². The van der Waals surface area contributed by atoms with Crippen molar-refractivity contribution in [2.75, 3.05) is 26.2 Å². The number of likely N-dealkylation sites (tertiary alicyclic amines) is 1. The summed E-state index contributed by atoms with van der Waals surface area (Å²) in [5.41, 5.74) is 0. The second-order valence-electron chi connectivity index (χ2n) is 4.48. The molecule has 1 fully saturated rings. The first kappa shape index (κ1) is 13.8. The van der Waals surface area contributed by atoms with E-state index in [1.54, 1.807) is 4.90 Å². The zero-order valence-electron chi connectivity index (χ0n) is 10.7. The predicted octanol–water partition coefficient (Wildman–Crippen LogP) is 1.63. The number of aliphatic carboxylic acids is 1. The highest BCUT2D eigenvalue weighted by molar-refractivity contribution is 5.74. The smallest absolute Gasteiger partial charge is 0.319 e. The average Bonchev–Trinajstić information content (AvgIpc) is 2.30. The number of rotatable bonds is 4. The topological polar surface area (TPSA) is 60.9 Å². The van der Waals surface area contributed by atoms with Crippen LogP contribution in [0.5, 0.6) is 0 Å². The van der Waals surface area contributed by atoms with E-state index in [4.69, 9.17) is 5.11 Å². The van der Waals surface area contributed by atoms with Gasteiger partial charge < -0.3 is 14.9 Å². The van der Waals surface area contributed by atoms with Crippen molar-refractivity contribution >= 4 is 12.0 Å². The molecule has 1 aliphatic heterocycles. The van der Waals surface area contributed by atoms with Gasteiger partial charge in [-0.3, -0.25) is 4.79 Å². The first-order valence-electron chi connectivity index (χ1n) is 6.34. The summed E-state index contributed by atoms with van der Waals surface area (Å²) in [7, 11) is 0. The third-order valence-corrected chi connectivity index (χ3v) is 3.38. The lowest BCUT2D eigenvalue weighted by Gasteiger charge is -2.34. The number of piperidine rings is 1. The van der Waals surface area contributed by atoms with E-state index < -0.39 is 5.97 Å². The van der Waals surface area contributed by atoms with Crippen LogP contribution in [0.1, 0.15) is 33.1 Å². The van der Waals surface area contributed by atoms with E-state index in [2.05, 4.69) is 0 Å². The fraction of sp³-hybridized carbons (Fsp3) is 0.833. The van der Waals surface area contributed by atoms with Crippen LogP contribution >= 0.6 is 0 Å². The number of carboxylic acids is 1. The Morgan fingerprint density at radius 3 is 2.18 bits per heavy atom. The van der Waals surface area contributed by atoms with E-state index in [0.717, 1.165) is 25.9 Å². The predicted molar refractivity (Wildman–Crippen MR) is 64.9 cm³/mol. The van der Waals surface area contributed by atoms with Gasteiger partial charge in [-0.1, -0.05) is 0 Å². The second-order valence-corrected chi connectivity index (χ2v) is 4.48. The van der Waals surface area contributed by atoms with Crippen molar-refractivity contribution < 1.29 is 14.7 Å². The highest BCUT2D eigenvalue weighted by Gasteiger charge is 2.26. The third-order valence-electron chi connectivity index (χ3n) is 3.38. The van der Waals surface area contributed by atoms with E-state index in [-0.39, 0.29) is 18.4 Å². The highest BCUT2D eigenvalue weighted by atomic mass is 16.4. The first-order chi connectivity index (χ1) is 8.08. The molecule has 1 saturated heterocycles. The number of hydrogen-bond acceptors (Lipinski definition) is 2. The molecule has 1 N–H and O–H groups in total. The Morgan fingerprint density at radius 1 is 1.24 bits per heavy atom. The summed E-state index contributed by atoms with van der Waals surface area (Å²) in [6.45, 7) is 6.77. The molecule has 0 bridgehead atoms. The molecule has 0 aromatic heterocycles. The largest absolute Gasteiger partial charge is 0.481 e. The van der Waals surface area contributed by atoms with Crippen LogP contribution in [0.15, 0.2) is 0 Å². The number of urea groups is 1. The number of carbonyl (C=O) groups is 2. The SMILES string of the molecule is CCN(CC)C(=O)N1CCC(CC(=O)O)CC1. The zero-order chi connectivity index (χ0) is 12.8. The summed E-state index contributed by atoms with van der Waals surface area (Å²) in [6, 6.07) is 0.0868. The average molecular weight is 242 g/mol. The van der Waals surface area contributed by atoms with Crippen molar-refractivity contribution in [2.24, 2.45) is 5.92 Å². The molecule has 0 aromatic carbocycles. The van der Waals surface area contributed by atoms with E-state index in [9.17, 15) is 9.59 Å². The van der Waals surface area contributed by atoms with Gasteiger partial charge in [-0.05, 0) is 32.6 Å². The number of amides is 2. The normalized spacial score (nSPS) is 16.9. The van der Waals surface area contributed by atoms with Crippen molar-refractivity contribution in [3.05, 3.63) is 0 Å². The monoisotopic (exact) mass is 242 g/mol. The molecule has 98 valence electrons. The lowest BCUT2D eigenvalue weighted by molar-refractivity contribution is -0.138. The van der Waals surface area contributed by atoms with Crippen LogP contribution in [0.25, 0.3) is 0 Å². The molecule has 0 aromatic rings. The fourth-order valence-corrected chi connectivity index (χ4v) is 2.27. The lowest BCUT2D eigenvalue weighted by atomic mass is 9.94. The van der Waals surface area contributed by atoms with Gasteiger partial charge in [0.2, 0.25) is 0 Å². The molecule has 0 radical (unpaired) electrons. The minimum Gasteiger partial charge on any atom is -0.481 e. The van der Waals surface area contributed by atoms with Crippen LogP contribution in [0.2, 0.25) is 0 Å². The van der Waals surface area contributed by atoms with Crippen LogP contribution in [0.3, 0.4) is 0 Å². The molecule has 1 aliphatic rings. The number of carboxylic acid groups (broad SMARTS) is 1. The van der Waals surface area contributed by atoms with Crippen molar-refractivity contribution in [1.29, 1.82) is 0 Å². The Morgan fingerprint density at radius 2 is 1.76 bits per heavy atom. The number of nitrogens with zero attached hydrogens (tertiary/aromatic N) is 2. The van der Waals surface area contributed by atoms with E-state index in [1.165, 1.54) is 0 Å². The molecule has 0 spiro atoms. The first-order valence-corrected chi connectivity index (χ1v) is 6.34. The van der Waals surface area contributed by atoms with Gasteiger partial charge in [0, 0.05) is 32.6 Å². The molecule has 1 heterocycles. The minimum absolute atomic E-state index is 0.0868. The molecule has 5 nitrogen and oxygen atoms in total. The Hall–Kier alpha value is -1.26. The van der Waals surface area contributed by atoms with Gasteiger partial charge in [-0.25, -0.2) is 4.79 Å². The third kappa shape index (κ3) is 3.91. The summed E-state index contributed by atoms with van der Waals surface area (Å²) in [6.07, 6.45) is 1.84. The van der Waals surface area contributed by atoms with Gasteiger partial charge in [0.1, 0.15) is 0 Å². The Labute approximate surface area is 102 Å². The summed E-state index contributed by atoms with van der Waals surface area (Å²) in [5, 5.41) is 8.72. The zero-order valence-corrected chi connectivity index (χ0v) is 10.7. The lowest BCUT2D eigenvalue weighted by Crippen LogP contribution is -2.46. The second kappa shape index (κ2) is 6.47. The van der Waals surface area contributed by atoms with Gasteiger partial charge in [-0.15, -0.1) is 0 Å². The summed E-state index contributed by atoms with van der Waals surface area (Å²) in [4.78, 5) is 26.3. The van der Waals surface area contributed by atoms with Gasteiger partial charge in [0.05, 0.1) is 0 Å². The van der Waals surface area contributed by atoms with E-state index in [1.807, 2.05) is 18.7 Å². The summed E-state index contributed by atoms with van der Waals surface area (Å²) < 4.78 is 0. The van der Waals surface area contributed by atoms with Crippen LogP contribution < -0.4 is 0 Å². The molecule has 0 aliphatic carbocycles. The number of carbonyl (C=O) groups excluding carboxylic acids is 1. The Balaban J connectivity index is 2.40. The molecule has 0 unspecified atom stereocenters. The van der Waals surface area contributed by atoms with Crippen LogP contribution in [-0.4, -0.2) is 53.1 Å². The van der Waals surface area contributed by atoms with Crippen LogP contribution in [0, 0.1) is 5.92 Å². The molecule has 0 saturated carbocycles. The standard InChI is InChI=1S/C12H22N2O3/c1-3-13(4-2)12(17)14-7-5-10(6-8-14)9-11(15)16/h10H,3-9H2,1-2H3,(H,15,16). The maximum Gasteiger partial charge on any atom is 0.319 e. The van der Waals surface area contributed by atoms with Gasteiger partial charge in [0.15, 0.2) is 0 Å². The van der Waals surface area contributed by atoms with Crippen molar-refractivity contribution in [2.45, 2.75) is 33.1 Å². The van der Waals surface area contributed by atoms with E-state index in [0.29, 0.717) is 13.1 Å². The van der Waals surface area contributed by atoms with Crippen molar-refractivity contribution in [1.82, 2.24) is 9.80 Å². The quantitative estimate of drug-likeness (QED) is 0.815. The van der Waals surface area contributed by atoms with Crippen LogP contribution in [-0.2, 0) is 4.79 Å². The highest BCUT2D eigenvalue weighted by Crippen LogP contribution is 2.21. The van der Waals surface area contributed by atoms with Crippen LogP contribution in [0.4, 0.5) is 4.79 Å². The molecule has 5 heteroatoms. The van der Waals surface area contributed by atoms with E-state index >= 15 is 0 Å². The molecule has 17 heavy (non-hydrogen) atoms. The summed E-state index contributed by atoms with van der Waals surface area (Å²) >= 11 is 0. The Kier molecular flexibility index (Phi) is 5.25. The van der Waals surface area contributed by atoms with Crippen molar-refractivity contribution in [3.63, 3.8) is 0 Å². The molecule has 2 amide bonds. The van der Waals surface area contributed by atoms with Gasteiger partial charge in [-0.2, -0.15) is 0 Å². The molecular formula is C12H22N2O3. The summed E-state index contributed by atoms with van der Waals surface area (Å²) in [5.74, 6) is -0.508. The molecule has 1 rings (SSSR count). The fourth-order valence-electron chi connectivity index (χ4n) is 2.27. The minimum atomic E-state index is -0.737. The Bertz CT molecular complexity index is 269. The maximum absolute atomic E-state index is 12.0. The maximum atomic E-state index is 12.0.